The van der Waals surface area contributed by atoms with Crippen molar-refractivity contribution in [1.82, 2.24) is 9.97 Å². The lowest BCUT2D eigenvalue weighted by molar-refractivity contribution is -0.115. The number of unbranched alkanes of at least 4 members (excludes halogenated alkanes) is 2. The summed E-state index contributed by atoms with van der Waals surface area (Å²) in [5.74, 6) is 0.627. The Hall–Kier alpha value is -1.45. The highest BCUT2D eigenvalue weighted by Crippen LogP contribution is 1.95. The standard InChI is InChI=1S/C8H12N2.C5H12.C2H5NO/c1-3-4-8-9-6-5-7(2)10-8;1-3-5-4-2;1-2(3)4/h5-6H,3-4H2,1-2H3;3-5H2,1-2H3;1H3,(H2,3,4). The molecule has 0 spiro atoms. The molecule has 2 N–H and O–H groups in total. The second-order valence-electron chi connectivity index (χ2n) is 4.33. The van der Waals surface area contributed by atoms with Crippen molar-refractivity contribution in [2.45, 2.75) is 66.7 Å². The van der Waals surface area contributed by atoms with Gasteiger partial charge in [-0.05, 0) is 19.4 Å². The largest absolute Gasteiger partial charge is 0.370 e. The van der Waals surface area contributed by atoms with Gasteiger partial charge in [0.05, 0.1) is 0 Å². The van der Waals surface area contributed by atoms with Crippen molar-refractivity contribution in [3.63, 3.8) is 0 Å². The van der Waals surface area contributed by atoms with Crippen LogP contribution >= 0.6 is 0 Å². The minimum absolute atomic E-state index is 0.333. The van der Waals surface area contributed by atoms with Gasteiger partial charge in [0, 0.05) is 25.2 Å². The molecule has 0 aliphatic carbocycles. The van der Waals surface area contributed by atoms with Crippen LogP contribution in [0.25, 0.3) is 0 Å². The molecule has 1 aromatic rings. The molecule has 0 aliphatic rings. The lowest BCUT2D eigenvalue weighted by atomic mass is 10.3. The molecule has 110 valence electrons. The van der Waals surface area contributed by atoms with Gasteiger partial charge in [-0.3, -0.25) is 4.79 Å². The Labute approximate surface area is 117 Å². The minimum atomic E-state index is -0.333. The Morgan fingerprint density at radius 1 is 1.21 bits per heavy atom. The average Bonchev–Trinajstić information content (AvgIpc) is 2.30. The fourth-order valence-electron chi connectivity index (χ4n) is 1.20. The van der Waals surface area contributed by atoms with Crippen LogP contribution in [0.15, 0.2) is 12.3 Å². The number of nitrogens with two attached hydrogens (primary N) is 1. The van der Waals surface area contributed by atoms with Crippen molar-refractivity contribution in [2.75, 3.05) is 0 Å². The highest BCUT2D eigenvalue weighted by molar-refractivity contribution is 5.70. The topological polar surface area (TPSA) is 68.9 Å². The predicted molar refractivity (Wildman–Crippen MR) is 80.8 cm³/mol. The Morgan fingerprint density at radius 2 is 1.74 bits per heavy atom. The molecule has 0 saturated heterocycles. The summed E-state index contributed by atoms with van der Waals surface area (Å²) >= 11 is 0. The van der Waals surface area contributed by atoms with Gasteiger partial charge in [0.2, 0.25) is 5.91 Å². The van der Waals surface area contributed by atoms with Crippen molar-refractivity contribution in [3.05, 3.63) is 23.8 Å². The Morgan fingerprint density at radius 3 is 2.05 bits per heavy atom. The fourth-order valence-corrected chi connectivity index (χ4v) is 1.20. The van der Waals surface area contributed by atoms with E-state index in [0.717, 1.165) is 24.4 Å². The third-order valence-electron chi connectivity index (χ3n) is 2.03. The van der Waals surface area contributed by atoms with Gasteiger partial charge in [-0.25, -0.2) is 9.97 Å². The average molecular weight is 267 g/mol. The molecule has 4 heteroatoms. The lowest BCUT2D eigenvalue weighted by Crippen LogP contribution is -2.01. The number of hydrogen-bond acceptors (Lipinski definition) is 3. The zero-order chi connectivity index (χ0) is 15.1. The Balaban J connectivity index is 0. The van der Waals surface area contributed by atoms with Gasteiger partial charge >= 0.3 is 0 Å². The predicted octanol–water partition coefficient (Wildman–Crippen LogP) is 3.43. The SMILES string of the molecule is CC(N)=O.CCCCC.CCCc1nccc(C)n1. The Bertz CT molecular complexity index is 321. The molecule has 0 atom stereocenters. The number of rotatable bonds is 4. The third kappa shape index (κ3) is 19.1. The lowest BCUT2D eigenvalue weighted by Gasteiger charge is -1.95. The summed E-state index contributed by atoms with van der Waals surface area (Å²) in [6.07, 6.45) is 7.99. The van der Waals surface area contributed by atoms with Gasteiger partial charge in [0.25, 0.3) is 0 Å². The van der Waals surface area contributed by atoms with Crippen LogP contribution in [0.4, 0.5) is 0 Å². The van der Waals surface area contributed by atoms with E-state index in [1.807, 2.05) is 19.2 Å². The first kappa shape index (κ1) is 19.9. The number of nitrogens with zero attached hydrogens (tertiary/aromatic N) is 2. The first-order valence-electron chi connectivity index (χ1n) is 7.02. The Kier molecular flexibility index (Phi) is 15.3. The van der Waals surface area contributed by atoms with Crippen LogP contribution in [-0.4, -0.2) is 15.9 Å². The van der Waals surface area contributed by atoms with Crippen molar-refractivity contribution >= 4 is 5.91 Å². The van der Waals surface area contributed by atoms with Gasteiger partial charge in [-0.1, -0.05) is 40.0 Å². The molecular weight excluding hydrogens is 238 g/mol. The van der Waals surface area contributed by atoms with Crippen LogP contribution < -0.4 is 5.73 Å². The van der Waals surface area contributed by atoms with E-state index >= 15 is 0 Å². The second-order valence-corrected chi connectivity index (χ2v) is 4.33. The molecule has 0 unspecified atom stereocenters. The third-order valence-corrected chi connectivity index (χ3v) is 2.03. The van der Waals surface area contributed by atoms with Gasteiger partial charge < -0.3 is 5.73 Å². The molecule has 0 saturated carbocycles. The van der Waals surface area contributed by atoms with Crippen molar-refractivity contribution in [2.24, 2.45) is 5.73 Å². The maximum atomic E-state index is 9.22. The van der Waals surface area contributed by atoms with E-state index in [-0.39, 0.29) is 5.91 Å². The van der Waals surface area contributed by atoms with Gasteiger partial charge in [-0.15, -0.1) is 0 Å². The molecule has 1 rings (SSSR count). The number of primary amides is 1. The highest BCUT2D eigenvalue weighted by atomic mass is 16.1. The number of carbonyl (C=O) groups excluding carboxylic acids is 1. The molecule has 0 aromatic carbocycles. The molecular formula is C15H29N3O. The molecule has 4 nitrogen and oxygen atoms in total. The van der Waals surface area contributed by atoms with Crippen LogP contribution in [0.3, 0.4) is 0 Å². The normalized spacial score (nSPS) is 8.68. The van der Waals surface area contributed by atoms with Gasteiger partial charge in [0.15, 0.2) is 0 Å². The van der Waals surface area contributed by atoms with Crippen molar-refractivity contribution in [1.29, 1.82) is 0 Å². The summed E-state index contributed by atoms with van der Waals surface area (Å²) in [5, 5.41) is 0. The zero-order valence-corrected chi connectivity index (χ0v) is 13.1. The molecule has 1 amide bonds. The van der Waals surface area contributed by atoms with Crippen molar-refractivity contribution < 1.29 is 4.79 Å². The highest BCUT2D eigenvalue weighted by Gasteiger charge is 1.92. The summed E-state index contributed by atoms with van der Waals surface area (Å²) in [7, 11) is 0. The van der Waals surface area contributed by atoms with E-state index in [9.17, 15) is 4.79 Å². The van der Waals surface area contributed by atoms with E-state index < -0.39 is 0 Å². The number of amides is 1. The monoisotopic (exact) mass is 267 g/mol. The summed E-state index contributed by atoms with van der Waals surface area (Å²) in [6.45, 7) is 9.85. The first-order valence-corrected chi connectivity index (χ1v) is 7.02. The van der Waals surface area contributed by atoms with Crippen LogP contribution in [0.5, 0.6) is 0 Å². The number of aryl methyl sites for hydroxylation is 2. The van der Waals surface area contributed by atoms with Crippen molar-refractivity contribution in [3.8, 4) is 0 Å². The van der Waals surface area contributed by atoms with E-state index in [0.29, 0.717) is 0 Å². The van der Waals surface area contributed by atoms with Gasteiger partial charge in [0.1, 0.15) is 5.82 Å². The van der Waals surface area contributed by atoms with Crippen LogP contribution in [0, 0.1) is 6.92 Å². The first-order chi connectivity index (χ1) is 8.97. The van der Waals surface area contributed by atoms with E-state index in [4.69, 9.17) is 0 Å². The van der Waals surface area contributed by atoms with Crippen LogP contribution in [0.1, 0.15) is 64.9 Å². The minimum Gasteiger partial charge on any atom is -0.370 e. The maximum Gasteiger partial charge on any atom is 0.214 e. The molecule has 0 radical (unpaired) electrons. The quantitative estimate of drug-likeness (QED) is 0.908. The van der Waals surface area contributed by atoms with E-state index in [1.54, 1.807) is 0 Å². The molecule has 0 bridgehead atoms. The second kappa shape index (κ2) is 14.6. The van der Waals surface area contributed by atoms with Crippen LogP contribution in [0.2, 0.25) is 0 Å². The zero-order valence-electron chi connectivity index (χ0n) is 13.1. The molecule has 1 heterocycles. The summed E-state index contributed by atoms with van der Waals surface area (Å²) < 4.78 is 0. The number of aromatic nitrogens is 2. The van der Waals surface area contributed by atoms with E-state index in [1.165, 1.54) is 26.2 Å². The van der Waals surface area contributed by atoms with Gasteiger partial charge in [-0.2, -0.15) is 0 Å². The fraction of sp³-hybridized carbons (Fsp3) is 0.667. The van der Waals surface area contributed by atoms with Crippen LogP contribution in [-0.2, 0) is 11.2 Å². The number of hydrogen-bond donors (Lipinski definition) is 1. The molecule has 1 aromatic heterocycles. The number of carbonyl (C=O) groups is 1. The summed E-state index contributed by atoms with van der Waals surface area (Å²) in [6, 6.07) is 1.92. The smallest absolute Gasteiger partial charge is 0.214 e. The molecule has 0 aliphatic heterocycles. The van der Waals surface area contributed by atoms with E-state index in [2.05, 4.69) is 36.5 Å². The molecule has 0 fully saturated rings. The molecule has 19 heavy (non-hydrogen) atoms. The summed E-state index contributed by atoms with van der Waals surface area (Å²) in [5.41, 5.74) is 5.53. The maximum absolute atomic E-state index is 9.22. The summed E-state index contributed by atoms with van der Waals surface area (Å²) in [4.78, 5) is 17.6.